The molecule has 94 valence electrons. The molecule has 0 saturated heterocycles. The highest BCUT2D eigenvalue weighted by molar-refractivity contribution is 7.89. The summed E-state index contributed by atoms with van der Waals surface area (Å²) < 4.78 is 38.0. The fraction of sp³-hybridized carbons (Fsp3) is 0.300. The van der Waals surface area contributed by atoms with E-state index in [1.807, 2.05) is 0 Å². The highest BCUT2D eigenvalue weighted by atomic mass is 32.2. The summed E-state index contributed by atoms with van der Waals surface area (Å²) in [5.74, 6) is -0.939. The van der Waals surface area contributed by atoms with Crippen LogP contribution in [-0.2, 0) is 14.8 Å². The molecule has 0 aliphatic carbocycles. The third-order valence-electron chi connectivity index (χ3n) is 1.92. The number of sulfonamides is 1. The second-order valence-electron chi connectivity index (χ2n) is 3.23. The van der Waals surface area contributed by atoms with E-state index in [0.717, 1.165) is 24.3 Å². The molecule has 0 aliphatic rings. The average Bonchev–Trinajstić information content (AvgIpc) is 2.28. The number of nitrogens with one attached hydrogen (secondary N) is 2. The topological polar surface area (TPSA) is 75.3 Å². The summed E-state index contributed by atoms with van der Waals surface area (Å²) in [6.07, 6.45) is 0. The third-order valence-corrected chi connectivity index (χ3v) is 3.34. The molecular weight excluding hydrogens is 247 g/mol. The summed E-state index contributed by atoms with van der Waals surface area (Å²) in [5.41, 5.74) is 0. The monoisotopic (exact) mass is 260 g/mol. The van der Waals surface area contributed by atoms with Crippen LogP contribution < -0.4 is 10.0 Å². The zero-order chi connectivity index (χ0) is 12.9. The fourth-order valence-corrected chi connectivity index (χ4v) is 2.10. The number of hydrogen-bond acceptors (Lipinski definition) is 3. The van der Waals surface area contributed by atoms with Gasteiger partial charge in [0, 0.05) is 6.54 Å². The van der Waals surface area contributed by atoms with E-state index < -0.39 is 21.7 Å². The highest BCUT2D eigenvalue weighted by Crippen LogP contribution is 2.08. The summed E-state index contributed by atoms with van der Waals surface area (Å²) in [6, 6.07) is 4.35. The van der Waals surface area contributed by atoms with Crippen molar-refractivity contribution in [1.29, 1.82) is 0 Å². The molecule has 0 saturated carbocycles. The molecule has 0 spiro atoms. The van der Waals surface area contributed by atoms with Gasteiger partial charge in [0.1, 0.15) is 5.82 Å². The molecule has 0 aliphatic heterocycles. The first-order valence-electron chi connectivity index (χ1n) is 4.97. The number of halogens is 1. The van der Waals surface area contributed by atoms with Crippen molar-refractivity contribution in [3.8, 4) is 0 Å². The van der Waals surface area contributed by atoms with Crippen LogP contribution in [0.15, 0.2) is 29.2 Å². The maximum atomic E-state index is 12.6. The zero-order valence-electron chi connectivity index (χ0n) is 9.23. The Kier molecular flexibility index (Phi) is 4.59. The molecule has 1 aromatic rings. The van der Waals surface area contributed by atoms with Gasteiger partial charge in [0.25, 0.3) is 0 Å². The second kappa shape index (κ2) is 5.74. The summed E-state index contributed by atoms with van der Waals surface area (Å²) in [5, 5.41) is 2.45. The molecule has 1 amide bonds. The van der Waals surface area contributed by atoms with Crippen LogP contribution in [0.3, 0.4) is 0 Å². The van der Waals surface area contributed by atoms with Gasteiger partial charge < -0.3 is 5.32 Å². The molecule has 0 unspecified atom stereocenters. The Labute approximate surface area is 99.1 Å². The lowest BCUT2D eigenvalue weighted by molar-refractivity contribution is -0.119. The molecule has 7 heteroatoms. The van der Waals surface area contributed by atoms with E-state index in [1.54, 1.807) is 6.92 Å². The number of likely N-dealkylation sites (N-methyl/N-ethyl adjacent to an activating group) is 1. The molecule has 0 radical (unpaired) electrons. The Morgan fingerprint density at radius 2 is 1.88 bits per heavy atom. The second-order valence-corrected chi connectivity index (χ2v) is 5.00. The maximum Gasteiger partial charge on any atom is 0.241 e. The lowest BCUT2D eigenvalue weighted by atomic mass is 10.4. The van der Waals surface area contributed by atoms with Gasteiger partial charge >= 0.3 is 0 Å². The molecule has 5 nitrogen and oxygen atoms in total. The van der Waals surface area contributed by atoms with Gasteiger partial charge in [-0.05, 0) is 31.2 Å². The van der Waals surface area contributed by atoms with Gasteiger partial charge in [-0.15, -0.1) is 0 Å². The van der Waals surface area contributed by atoms with E-state index in [-0.39, 0.29) is 11.4 Å². The number of carbonyl (C=O) groups excluding carboxylic acids is 1. The zero-order valence-corrected chi connectivity index (χ0v) is 10.1. The van der Waals surface area contributed by atoms with Crippen molar-refractivity contribution < 1.29 is 17.6 Å². The standard InChI is InChI=1S/C10H13FN2O3S/c1-2-12-10(14)7-13-17(15,16)9-5-3-8(11)4-6-9/h3-6,13H,2,7H2,1H3,(H,12,14). The smallest absolute Gasteiger partial charge is 0.241 e. The Hall–Kier alpha value is -1.47. The predicted molar refractivity (Wildman–Crippen MR) is 60.3 cm³/mol. The van der Waals surface area contributed by atoms with E-state index in [0.29, 0.717) is 6.54 Å². The number of rotatable bonds is 5. The predicted octanol–water partition coefficient (Wildman–Crippen LogP) is 0.240. The summed E-state index contributed by atoms with van der Waals surface area (Å²) in [4.78, 5) is 11.0. The molecule has 17 heavy (non-hydrogen) atoms. The molecule has 0 atom stereocenters. The van der Waals surface area contributed by atoms with Crippen molar-refractivity contribution in [3.05, 3.63) is 30.1 Å². The SMILES string of the molecule is CCNC(=O)CNS(=O)(=O)c1ccc(F)cc1. The Morgan fingerprint density at radius 3 is 2.41 bits per heavy atom. The van der Waals surface area contributed by atoms with Crippen molar-refractivity contribution in [1.82, 2.24) is 10.0 Å². The fourth-order valence-electron chi connectivity index (χ4n) is 1.12. The first-order chi connectivity index (χ1) is 7.95. The third kappa shape index (κ3) is 4.12. The minimum absolute atomic E-state index is 0.0804. The first-order valence-corrected chi connectivity index (χ1v) is 6.46. The summed E-state index contributed by atoms with van der Waals surface area (Å²) in [6.45, 7) is 1.82. The molecule has 2 N–H and O–H groups in total. The number of carbonyl (C=O) groups is 1. The van der Waals surface area contributed by atoms with Crippen molar-refractivity contribution in [2.24, 2.45) is 0 Å². The van der Waals surface area contributed by atoms with Crippen LogP contribution in [0.4, 0.5) is 4.39 Å². The van der Waals surface area contributed by atoms with E-state index in [2.05, 4.69) is 10.0 Å². The maximum absolute atomic E-state index is 12.6. The van der Waals surface area contributed by atoms with Crippen molar-refractivity contribution in [2.75, 3.05) is 13.1 Å². The molecule has 1 rings (SSSR count). The van der Waals surface area contributed by atoms with Crippen LogP contribution in [0, 0.1) is 5.82 Å². The largest absolute Gasteiger partial charge is 0.355 e. The van der Waals surface area contributed by atoms with E-state index in [1.165, 1.54) is 0 Å². The molecule has 1 aromatic carbocycles. The molecule has 0 heterocycles. The van der Waals surface area contributed by atoms with Crippen LogP contribution in [0.5, 0.6) is 0 Å². The summed E-state index contributed by atoms with van der Waals surface area (Å²) >= 11 is 0. The van der Waals surface area contributed by atoms with Crippen molar-refractivity contribution in [3.63, 3.8) is 0 Å². The molecular formula is C10H13FN2O3S. The van der Waals surface area contributed by atoms with Gasteiger partial charge in [-0.25, -0.2) is 17.5 Å². The van der Waals surface area contributed by atoms with E-state index in [4.69, 9.17) is 0 Å². The van der Waals surface area contributed by atoms with Crippen LogP contribution in [0.2, 0.25) is 0 Å². The number of benzene rings is 1. The highest BCUT2D eigenvalue weighted by Gasteiger charge is 2.14. The Morgan fingerprint density at radius 1 is 1.29 bits per heavy atom. The summed E-state index contributed by atoms with van der Waals surface area (Å²) in [7, 11) is -3.77. The molecule has 0 bridgehead atoms. The molecule has 0 aromatic heterocycles. The van der Waals surface area contributed by atoms with Gasteiger partial charge in [-0.3, -0.25) is 4.79 Å². The van der Waals surface area contributed by atoms with Crippen LogP contribution in [0.25, 0.3) is 0 Å². The van der Waals surface area contributed by atoms with Crippen LogP contribution in [0.1, 0.15) is 6.92 Å². The minimum atomic E-state index is -3.77. The van der Waals surface area contributed by atoms with Gasteiger partial charge in [0.05, 0.1) is 11.4 Å². The lowest BCUT2D eigenvalue weighted by Crippen LogP contribution is -2.36. The average molecular weight is 260 g/mol. The van der Waals surface area contributed by atoms with Crippen molar-refractivity contribution in [2.45, 2.75) is 11.8 Å². The van der Waals surface area contributed by atoms with E-state index in [9.17, 15) is 17.6 Å². The van der Waals surface area contributed by atoms with Gasteiger partial charge in [0.2, 0.25) is 15.9 Å². The van der Waals surface area contributed by atoms with Gasteiger partial charge in [-0.1, -0.05) is 0 Å². The Bertz CT molecular complexity index is 485. The number of amides is 1. The van der Waals surface area contributed by atoms with Crippen molar-refractivity contribution >= 4 is 15.9 Å². The molecule has 0 fully saturated rings. The van der Waals surface area contributed by atoms with Crippen LogP contribution in [-0.4, -0.2) is 27.4 Å². The normalized spacial score (nSPS) is 11.2. The minimum Gasteiger partial charge on any atom is -0.355 e. The quantitative estimate of drug-likeness (QED) is 0.796. The van der Waals surface area contributed by atoms with Crippen LogP contribution >= 0.6 is 0 Å². The van der Waals surface area contributed by atoms with E-state index >= 15 is 0 Å². The lowest BCUT2D eigenvalue weighted by Gasteiger charge is -2.06. The first kappa shape index (κ1) is 13.6. The number of hydrogen-bond donors (Lipinski definition) is 2. The van der Waals surface area contributed by atoms with Gasteiger partial charge in [-0.2, -0.15) is 0 Å². The van der Waals surface area contributed by atoms with Gasteiger partial charge in [0.15, 0.2) is 0 Å². The Balaban J connectivity index is 2.69.